The summed E-state index contributed by atoms with van der Waals surface area (Å²) in [6.07, 6.45) is -0.160. The molecule has 210 valence electrons. The maximum Gasteiger partial charge on any atom is 0.407 e. The summed E-state index contributed by atoms with van der Waals surface area (Å²) in [6.45, 7) is 19.6. The summed E-state index contributed by atoms with van der Waals surface area (Å²) in [4.78, 5) is 37.2. The molecular weight excluding hydrogens is 488 g/mol. The number of rotatable bonds is 12. The number of amides is 2. The smallest absolute Gasteiger partial charge is 0.407 e. The van der Waals surface area contributed by atoms with Crippen LogP contribution in [0.2, 0.25) is 18.1 Å². The lowest BCUT2D eigenvalue weighted by Gasteiger charge is -2.42. The monoisotopic (exact) mass is 536 g/mol. The Labute approximate surface area is 224 Å². The summed E-state index contributed by atoms with van der Waals surface area (Å²) >= 11 is 0. The first-order valence-electron chi connectivity index (χ1n) is 13.1. The van der Waals surface area contributed by atoms with Gasteiger partial charge in [0.2, 0.25) is 5.91 Å². The molecule has 0 bridgehead atoms. The first kappa shape index (κ1) is 32.6. The Morgan fingerprint density at radius 2 is 1.54 bits per heavy atom. The van der Waals surface area contributed by atoms with Crippen LogP contribution >= 0.6 is 0 Å². The third-order valence-electron chi connectivity index (χ3n) is 6.61. The van der Waals surface area contributed by atoms with E-state index in [0.717, 1.165) is 5.56 Å². The summed E-state index contributed by atoms with van der Waals surface area (Å²) in [5.74, 6) is -1.67. The second-order valence-electron chi connectivity index (χ2n) is 12.5. The summed E-state index contributed by atoms with van der Waals surface area (Å²) in [5.41, 5.74) is 0.349. The standard InChI is InChI=1S/C28H48N2O6Si/c1-19(2)24(25(32)33)30-23(31)17-16-22(36-37(9,10)28(6,7)8)21(18-20-14-12-11-13-15-20)29-26(34)35-27(3,4)5/h11-15,19,21-22,24H,16-18H2,1-10H3,(H,29,34)(H,30,31)(H,32,33)/t21-,22-,24?/m0/s1. The number of carboxylic acids is 1. The number of carbonyl (C=O) groups excluding carboxylic acids is 2. The van der Waals surface area contributed by atoms with Crippen LogP contribution in [0.15, 0.2) is 30.3 Å². The normalized spacial score (nSPS) is 15.0. The highest BCUT2D eigenvalue weighted by Crippen LogP contribution is 2.38. The van der Waals surface area contributed by atoms with E-state index in [1.807, 2.05) is 30.3 Å². The number of nitrogens with one attached hydrogen (secondary N) is 2. The van der Waals surface area contributed by atoms with Crippen LogP contribution in [-0.4, -0.2) is 55.2 Å². The average molecular weight is 537 g/mol. The molecule has 0 aliphatic heterocycles. The van der Waals surface area contributed by atoms with E-state index in [1.54, 1.807) is 34.6 Å². The molecular formula is C28H48N2O6Si. The van der Waals surface area contributed by atoms with E-state index in [2.05, 4.69) is 44.5 Å². The maximum absolute atomic E-state index is 12.8. The van der Waals surface area contributed by atoms with Gasteiger partial charge in [-0.25, -0.2) is 9.59 Å². The Morgan fingerprint density at radius 3 is 2.00 bits per heavy atom. The highest BCUT2D eigenvalue weighted by Gasteiger charge is 2.41. The molecule has 3 atom stereocenters. The van der Waals surface area contributed by atoms with Crippen molar-refractivity contribution < 1.29 is 28.7 Å². The molecule has 1 aromatic rings. The zero-order valence-corrected chi connectivity index (χ0v) is 25.3. The Balaban J connectivity index is 3.27. The van der Waals surface area contributed by atoms with Crippen LogP contribution in [0, 0.1) is 5.92 Å². The van der Waals surface area contributed by atoms with E-state index >= 15 is 0 Å². The lowest BCUT2D eigenvalue weighted by molar-refractivity contribution is -0.143. The van der Waals surface area contributed by atoms with E-state index in [9.17, 15) is 19.5 Å². The van der Waals surface area contributed by atoms with Gasteiger partial charge in [-0.1, -0.05) is 65.0 Å². The van der Waals surface area contributed by atoms with Crippen LogP contribution in [0.5, 0.6) is 0 Å². The van der Waals surface area contributed by atoms with Gasteiger partial charge in [0.25, 0.3) is 0 Å². The zero-order chi connectivity index (χ0) is 28.6. The van der Waals surface area contributed by atoms with Crippen LogP contribution in [-0.2, 0) is 25.2 Å². The van der Waals surface area contributed by atoms with Gasteiger partial charge in [-0.15, -0.1) is 0 Å². The maximum atomic E-state index is 12.8. The Hall–Kier alpha value is -2.39. The van der Waals surface area contributed by atoms with Crippen LogP contribution in [0.3, 0.4) is 0 Å². The molecule has 0 radical (unpaired) electrons. The van der Waals surface area contributed by atoms with Crippen LogP contribution in [0.4, 0.5) is 4.79 Å². The molecule has 8 nitrogen and oxygen atoms in total. The first-order valence-corrected chi connectivity index (χ1v) is 16.0. The topological polar surface area (TPSA) is 114 Å². The van der Waals surface area contributed by atoms with Crippen molar-refractivity contribution in [2.75, 3.05) is 0 Å². The van der Waals surface area contributed by atoms with E-state index in [4.69, 9.17) is 9.16 Å². The quantitative estimate of drug-likeness (QED) is 0.303. The van der Waals surface area contributed by atoms with Crippen molar-refractivity contribution in [3.63, 3.8) is 0 Å². The Morgan fingerprint density at radius 1 is 0.973 bits per heavy atom. The molecule has 37 heavy (non-hydrogen) atoms. The largest absolute Gasteiger partial charge is 0.480 e. The molecule has 0 aliphatic carbocycles. The van der Waals surface area contributed by atoms with Crippen molar-refractivity contribution in [2.24, 2.45) is 5.92 Å². The molecule has 1 unspecified atom stereocenters. The molecule has 0 fully saturated rings. The van der Waals surface area contributed by atoms with E-state index < -0.39 is 44.2 Å². The van der Waals surface area contributed by atoms with Gasteiger partial charge in [0.15, 0.2) is 8.32 Å². The number of alkyl carbamates (subject to hydrolysis) is 1. The van der Waals surface area contributed by atoms with Crippen molar-refractivity contribution in [3.05, 3.63) is 35.9 Å². The fraction of sp³-hybridized carbons (Fsp3) is 0.679. The molecule has 0 aromatic heterocycles. The number of benzene rings is 1. The van der Waals surface area contributed by atoms with Gasteiger partial charge in [0, 0.05) is 6.42 Å². The van der Waals surface area contributed by atoms with Crippen molar-refractivity contribution in [1.82, 2.24) is 10.6 Å². The molecule has 1 aromatic carbocycles. The zero-order valence-electron chi connectivity index (χ0n) is 24.3. The first-order chi connectivity index (χ1) is 16.8. The molecule has 0 saturated heterocycles. The van der Waals surface area contributed by atoms with Gasteiger partial charge >= 0.3 is 12.1 Å². The number of carboxylic acid groups (broad SMARTS) is 1. The molecule has 3 N–H and O–H groups in total. The van der Waals surface area contributed by atoms with Gasteiger partial charge in [-0.3, -0.25) is 4.79 Å². The van der Waals surface area contributed by atoms with Crippen LogP contribution < -0.4 is 10.6 Å². The fourth-order valence-corrected chi connectivity index (χ4v) is 4.92. The number of carbonyl (C=O) groups is 3. The highest BCUT2D eigenvalue weighted by molar-refractivity contribution is 6.74. The van der Waals surface area contributed by atoms with Gasteiger partial charge in [0.1, 0.15) is 11.6 Å². The van der Waals surface area contributed by atoms with Gasteiger partial charge in [-0.05, 0) is 63.2 Å². The lowest BCUT2D eigenvalue weighted by Crippen LogP contribution is -2.53. The fourth-order valence-electron chi connectivity index (χ4n) is 3.53. The number of hydrogen-bond acceptors (Lipinski definition) is 5. The van der Waals surface area contributed by atoms with Gasteiger partial charge < -0.3 is 24.9 Å². The highest BCUT2D eigenvalue weighted by atomic mass is 28.4. The molecule has 0 spiro atoms. The van der Waals surface area contributed by atoms with E-state index in [1.165, 1.54) is 0 Å². The second kappa shape index (κ2) is 13.4. The minimum absolute atomic E-state index is 0.0665. The minimum Gasteiger partial charge on any atom is -0.480 e. The average Bonchev–Trinajstić information content (AvgIpc) is 2.72. The lowest BCUT2D eigenvalue weighted by atomic mass is 9.98. The number of ether oxygens (including phenoxy) is 1. The van der Waals surface area contributed by atoms with E-state index in [-0.39, 0.29) is 23.3 Å². The molecule has 9 heteroatoms. The Kier molecular flexibility index (Phi) is 11.8. The SMILES string of the molecule is CC(C)C(NC(=O)CC[C@H](O[Si](C)(C)C(C)(C)C)[C@H](Cc1ccccc1)NC(=O)OC(C)(C)C)C(=O)O. The van der Waals surface area contributed by atoms with Gasteiger partial charge in [0.05, 0.1) is 12.1 Å². The van der Waals surface area contributed by atoms with Crippen molar-refractivity contribution >= 4 is 26.3 Å². The number of hydrogen-bond donors (Lipinski definition) is 3. The predicted octanol–water partition coefficient (Wildman–Crippen LogP) is 5.52. The van der Waals surface area contributed by atoms with Crippen LogP contribution in [0.1, 0.15) is 73.8 Å². The van der Waals surface area contributed by atoms with Crippen molar-refractivity contribution in [3.8, 4) is 0 Å². The van der Waals surface area contributed by atoms with Crippen molar-refractivity contribution in [2.45, 2.75) is 117 Å². The summed E-state index contributed by atoms with van der Waals surface area (Å²) in [6, 6.07) is 8.36. The predicted molar refractivity (Wildman–Crippen MR) is 149 cm³/mol. The Bertz CT molecular complexity index is 890. The van der Waals surface area contributed by atoms with Crippen LogP contribution in [0.25, 0.3) is 0 Å². The second-order valence-corrected chi connectivity index (χ2v) is 17.3. The van der Waals surface area contributed by atoms with Crippen molar-refractivity contribution in [1.29, 1.82) is 0 Å². The third kappa shape index (κ3) is 11.7. The van der Waals surface area contributed by atoms with Gasteiger partial charge in [-0.2, -0.15) is 0 Å². The summed E-state index contributed by atoms with van der Waals surface area (Å²) < 4.78 is 12.3. The molecule has 0 saturated carbocycles. The molecule has 0 heterocycles. The summed E-state index contributed by atoms with van der Waals surface area (Å²) in [5, 5.41) is 15.0. The van der Waals surface area contributed by atoms with E-state index in [0.29, 0.717) is 12.8 Å². The molecule has 2 amide bonds. The number of aliphatic carboxylic acids is 1. The minimum atomic E-state index is -2.30. The molecule has 1 rings (SSSR count). The molecule has 0 aliphatic rings. The third-order valence-corrected chi connectivity index (χ3v) is 11.1. The summed E-state index contributed by atoms with van der Waals surface area (Å²) in [7, 11) is -2.30.